The highest BCUT2D eigenvalue weighted by Crippen LogP contribution is 2.48. The number of benzene rings is 2. The van der Waals surface area contributed by atoms with Crippen molar-refractivity contribution >= 4 is 5.91 Å². The van der Waals surface area contributed by atoms with Gasteiger partial charge in [-0.05, 0) is 41.5 Å². The zero-order valence-corrected chi connectivity index (χ0v) is 14.9. The van der Waals surface area contributed by atoms with Crippen LogP contribution in [0.15, 0.2) is 67.3 Å². The van der Waals surface area contributed by atoms with Gasteiger partial charge in [-0.15, -0.1) is 0 Å². The Kier molecular flexibility index (Phi) is 4.57. The minimum Gasteiger partial charge on any atom is -0.352 e. The molecule has 2 atom stereocenters. The van der Waals surface area contributed by atoms with Gasteiger partial charge < -0.3 is 9.88 Å². The van der Waals surface area contributed by atoms with Crippen LogP contribution in [0, 0.1) is 12.8 Å². The SMILES string of the molecule is Cc1ccccc1[C@H]1C[C@@H]1C(=O)NCc1cccc(Cn2ccnc2)c1. The van der Waals surface area contributed by atoms with Crippen molar-refractivity contribution in [2.45, 2.75) is 32.4 Å². The number of nitrogens with one attached hydrogen (secondary N) is 1. The molecule has 26 heavy (non-hydrogen) atoms. The van der Waals surface area contributed by atoms with Crippen molar-refractivity contribution in [2.75, 3.05) is 0 Å². The number of aryl methyl sites for hydroxylation is 1. The Hall–Kier alpha value is -2.88. The average molecular weight is 345 g/mol. The molecule has 3 aromatic rings. The van der Waals surface area contributed by atoms with Gasteiger partial charge in [-0.1, -0.05) is 48.5 Å². The number of amides is 1. The van der Waals surface area contributed by atoms with Crippen LogP contribution in [-0.4, -0.2) is 15.5 Å². The van der Waals surface area contributed by atoms with Crippen LogP contribution in [0.2, 0.25) is 0 Å². The number of carbonyl (C=O) groups excluding carboxylic acids is 1. The van der Waals surface area contributed by atoms with Crippen molar-refractivity contribution in [1.82, 2.24) is 14.9 Å². The summed E-state index contributed by atoms with van der Waals surface area (Å²) >= 11 is 0. The lowest BCUT2D eigenvalue weighted by Gasteiger charge is -2.09. The van der Waals surface area contributed by atoms with Crippen LogP contribution in [0.1, 0.15) is 34.6 Å². The summed E-state index contributed by atoms with van der Waals surface area (Å²) < 4.78 is 2.04. The molecule has 0 unspecified atom stereocenters. The van der Waals surface area contributed by atoms with E-state index in [-0.39, 0.29) is 11.8 Å². The van der Waals surface area contributed by atoms with E-state index in [1.54, 1.807) is 6.20 Å². The van der Waals surface area contributed by atoms with Crippen LogP contribution in [0.4, 0.5) is 0 Å². The van der Waals surface area contributed by atoms with Gasteiger partial charge >= 0.3 is 0 Å². The molecule has 1 aromatic heterocycles. The lowest BCUT2D eigenvalue weighted by atomic mass is 10.0. The molecule has 4 rings (SSSR count). The van der Waals surface area contributed by atoms with E-state index in [1.165, 1.54) is 16.7 Å². The van der Waals surface area contributed by atoms with E-state index < -0.39 is 0 Å². The zero-order valence-electron chi connectivity index (χ0n) is 14.9. The first-order valence-corrected chi connectivity index (χ1v) is 9.07. The van der Waals surface area contributed by atoms with Crippen LogP contribution < -0.4 is 5.32 Å². The van der Waals surface area contributed by atoms with E-state index >= 15 is 0 Å². The van der Waals surface area contributed by atoms with Gasteiger partial charge in [-0.25, -0.2) is 4.98 Å². The molecule has 1 N–H and O–H groups in total. The van der Waals surface area contributed by atoms with E-state index in [0.717, 1.165) is 18.5 Å². The summed E-state index contributed by atoms with van der Waals surface area (Å²) in [5.41, 5.74) is 4.93. The topological polar surface area (TPSA) is 46.9 Å². The molecule has 0 spiro atoms. The number of aromatic nitrogens is 2. The summed E-state index contributed by atoms with van der Waals surface area (Å²) in [5.74, 6) is 0.660. The van der Waals surface area contributed by atoms with Crippen LogP contribution in [-0.2, 0) is 17.9 Å². The Bertz CT molecular complexity index is 901. The van der Waals surface area contributed by atoms with Gasteiger partial charge in [0.1, 0.15) is 0 Å². The zero-order chi connectivity index (χ0) is 17.9. The summed E-state index contributed by atoms with van der Waals surface area (Å²) in [4.78, 5) is 16.6. The first-order chi connectivity index (χ1) is 12.7. The highest BCUT2D eigenvalue weighted by atomic mass is 16.2. The van der Waals surface area contributed by atoms with E-state index in [0.29, 0.717) is 12.5 Å². The molecule has 1 heterocycles. The molecule has 1 aliphatic rings. The molecule has 132 valence electrons. The van der Waals surface area contributed by atoms with Crippen molar-refractivity contribution in [1.29, 1.82) is 0 Å². The molecule has 2 aromatic carbocycles. The first kappa shape index (κ1) is 16.6. The lowest BCUT2D eigenvalue weighted by Crippen LogP contribution is -2.25. The third kappa shape index (κ3) is 3.69. The summed E-state index contributed by atoms with van der Waals surface area (Å²) in [6.45, 7) is 3.49. The molecule has 0 bridgehead atoms. The molecular weight excluding hydrogens is 322 g/mol. The van der Waals surface area contributed by atoms with Crippen LogP contribution in [0.3, 0.4) is 0 Å². The molecule has 0 aliphatic heterocycles. The minimum absolute atomic E-state index is 0.116. The maximum atomic E-state index is 12.5. The molecule has 1 aliphatic carbocycles. The number of nitrogens with zero attached hydrogens (tertiary/aromatic N) is 2. The van der Waals surface area contributed by atoms with Gasteiger partial charge in [0.2, 0.25) is 5.91 Å². The van der Waals surface area contributed by atoms with E-state index in [2.05, 4.69) is 53.6 Å². The highest BCUT2D eigenvalue weighted by molar-refractivity contribution is 5.83. The van der Waals surface area contributed by atoms with Gasteiger partial charge in [0.15, 0.2) is 0 Å². The fourth-order valence-electron chi connectivity index (χ4n) is 3.58. The Morgan fingerprint density at radius 3 is 2.85 bits per heavy atom. The molecule has 0 saturated heterocycles. The standard InChI is InChI=1S/C22H23N3O/c1-16-5-2-3-8-19(16)20-12-21(20)22(26)24-13-17-6-4-7-18(11-17)14-25-10-9-23-15-25/h2-11,15,20-21H,12-14H2,1H3,(H,24,26)/t20-,21+/m1/s1. The summed E-state index contributed by atoms with van der Waals surface area (Å²) in [5, 5.41) is 3.11. The second kappa shape index (κ2) is 7.16. The predicted molar refractivity (Wildman–Crippen MR) is 102 cm³/mol. The highest BCUT2D eigenvalue weighted by Gasteiger charge is 2.44. The number of carbonyl (C=O) groups is 1. The van der Waals surface area contributed by atoms with Crippen molar-refractivity contribution < 1.29 is 4.79 Å². The quantitative estimate of drug-likeness (QED) is 0.741. The Labute approximate surface area is 153 Å². The normalized spacial score (nSPS) is 18.5. The first-order valence-electron chi connectivity index (χ1n) is 9.07. The molecule has 1 saturated carbocycles. The van der Waals surface area contributed by atoms with Gasteiger partial charge in [-0.2, -0.15) is 0 Å². The summed E-state index contributed by atoms with van der Waals surface area (Å²) in [6, 6.07) is 16.7. The Balaban J connectivity index is 1.33. The third-order valence-corrected chi connectivity index (χ3v) is 5.10. The lowest BCUT2D eigenvalue weighted by molar-refractivity contribution is -0.122. The maximum absolute atomic E-state index is 12.5. The van der Waals surface area contributed by atoms with Crippen LogP contribution in [0.5, 0.6) is 0 Å². The molecule has 1 amide bonds. The molecule has 4 heteroatoms. The Morgan fingerprint density at radius 1 is 1.19 bits per heavy atom. The summed E-state index contributed by atoms with van der Waals surface area (Å²) in [6.07, 6.45) is 6.50. The third-order valence-electron chi connectivity index (χ3n) is 5.10. The predicted octanol–water partition coefficient (Wildman–Crippen LogP) is 3.66. The average Bonchev–Trinajstić information content (AvgIpc) is 3.28. The number of hydrogen-bond acceptors (Lipinski definition) is 2. The fraction of sp³-hybridized carbons (Fsp3) is 0.273. The fourth-order valence-corrected chi connectivity index (χ4v) is 3.58. The number of rotatable bonds is 6. The number of imidazole rings is 1. The van der Waals surface area contributed by atoms with Crippen LogP contribution >= 0.6 is 0 Å². The second-order valence-corrected chi connectivity index (χ2v) is 7.08. The monoisotopic (exact) mass is 345 g/mol. The largest absolute Gasteiger partial charge is 0.352 e. The molecular formula is C22H23N3O. The van der Waals surface area contributed by atoms with Gasteiger partial charge in [0.05, 0.1) is 6.33 Å². The van der Waals surface area contributed by atoms with Gasteiger partial charge in [-0.3, -0.25) is 4.79 Å². The van der Waals surface area contributed by atoms with Crippen molar-refractivity contribution in [3.63, 3.8) is 0 Å². The van der Waals surface area contributed by atoms with Crippen molar-refractivity contribution in [3.8, 4) is 0 Å². The van der Waals surface area contributed by atoms with E-state index in [4.69, 9.17) is 0 Å². The second-order valence-electron chi connectivity index (χ2n) is 7.08. The van der Waals surface area contributed by atoms with Crippen LogP contribution in [0.25, 0.3) is 0 Å². The molecule has 1 fully saturated rings. The maximum Gasteiger partial charge on any atom is 0.224 e. The minimum atomic E-state index is 0.116. The Morgan fingerprint density at radius 2 is 2.04 bits per heavy atom. The smallest absolute Gasteiger partial charge is 0.224 e. The van der Waals surface area contributed by atoms with Crippen molar-refractivity contribution in [2.24, 2.45) is 5.92 Å². The van der Waals surface area contributed by atoms with Crippen molar-refractivity contribution in [3.05, 3.63) is 89.5 Å². The molecule has 4 nitrogen and oxygen atoms in total. The van der Waals surface area contributed by atoms with E-state index in [9.17, 15) is 4.79 Å². The molecule has 0 radical (unpaired) electrons. The van der Waals surface area contributed by atoms with Gasteiger partial charge in [0, 0.05) is 31.4 Å². The summed E-state index contributed by atoms with van der Waals surface area (Å²) in [7, 11) is 0. The van der Waals surface area contributed by atoms with Gasteiger partial charge in [0.25, 0.3) is 0 Å². The van der Waals surface area contributed by atoms with E-state index in [1.807, 2.05) is 29.2 Å². The number of hydrogen-bond donors (Lipinski definition) is 1.